The van der Waals surface area contributed by atoms with E-state index in [1.165, 1.54) is 18.3 Å². The number of hydrogen-bond donors (Lipinski definition) is 2. The fourth-order valence-electron chi connectivity index (χ4n) is 2.69. The van der Waals surface area contributed by atoms with Crippen molar-refractivity contribution in [2.75, 3.05) is 5.32 Å². The minimum absolute atomic E-state index is 0.0688. The molecule has 9 heteroatoms. The molecule has 0 amide bonds. The molecular weight excluding hydrogens is 380 g/mol. The summed E-state index contributed by atoms with van der Waals surface area (Å²) in [5, 5.41) is 7.92. The summed E-state index contributed by atoms with van der Waals surface area (Å²) in [6.07, 6.45) is 1.49. The highest BCUT2D eigenvalue weighted by molar-refractivity contribution is 6.36. The highest BCUT2D eigenvalue weighted by Gasteiger charge is 2.21. The molecule has 0 aliphatic carbocycles. The van der Waals surface area contributed by atoms with Crippen molar-refractivity contribution >= 4 is 40.2 Å². The first-order valence-corrected chi connectivity index (χ1v) is 8.73. The van der Waals surface area contributed by atoms with Gasteiger partial charge in [-0.25, -0.2) is 9.07 Å². The van der Waals surface area contributed by atoms with Gasteiger partial charge in [-0.05, 0) is 39.8 Å². The fourth-order valence-corrected chi connectivity index (χ4v) is 3.39. The maximum atomic E-state index is 13.8. The lowest BCUT2D eigenvalue weighted by Gasteiger charge is -2.20. The molecule has 6 nitrogen and oxygen atoms in total. The van der Waals surface area contributed by atoms with Crippen LogP contribution in [0.25, 0.3) is 11.0 Å². The Morgan fingerprint density at radius 1 is 1.31 bits per heavy atom. The lowest BCUT2D eigenvalue weighted by atomic mass is 10.1. The molecular formula is C17H18Cl2FN5O. The molecule has 0 radical (unpaired) electrons. The van der Waals surface area contributed by atoms with Gasteiger partial charge < -0.3 is 5.32 Å². The van der Waals surface area contributed by atoms with E-state index in [1.54, 1.807) is 11.6 Å². The van der Waals surface area contributed by atoms with Crippen LogP contribution < -0.4 is 10.9 Å². The minimum atomic E-state index is -0.567. The van der Waals surface area contributed by atoms with Crippen LogP contribution in [0.1, 0.15) is 39.3 Å². The van der Waals surface area contributed by atoms with Crippen molar-refractivity contribution in [1.82, 2.24) is 19.7 Å². The van der Waals surface area contributed by atoms with E-state index in [1.807, 2.05) is 20.8 Å². The molecule has 0 aliphatic heterocycles. The number of rotatable bonds is 3. The molecule has 0 bridgehead atoms. The van der Waals surface area contributed by atoms with Crippen LogP contribution in [0.3, 0.4) is 0 Å². The van der Waals surface area contributed by atoms with Crippen LogP contribution in [0.2, 0.25) is 10.0 Å². The van der Waals surface area contributed by atoms with Gasteiger partial charge in [0.1, 0.15) is 11.2 Å². The van der Waals surface area contributed by atoms with Crippen LogP contribution in [-0.4, -0.2) is 19.7 Å². The Hall–Kier alpha value is -2.12. The number of hydrogen-bond acceptors (Lipinski definition) is 4. The largest absolute Gasteiger partial charge is 0.349 e. The first kappa shape index (κ1) is 18.7. The number of halogens is 3. The van der Waals surface area contributed by atoms with Crippen molar-refractivity contribution in [2.45, 2.75) is 39.3 Å². The number of fused-ring (bicyclic) bond motifs is 1. The summed E-state index contributed by atoms with van der Waals surface area (Å²) >= 11 is 12.2. The Balaban J connectivity index is 2.05. The van der Waals surface area contributed by atoms with E-state index in [9.17, 15) is 9.18 Å². The Kier molecular flexibility index (Phi) is 4.71. The summed E-state index contributed by atoms with van der Waals surface area (Å²) < 4.78 is 15.4. The van der Waals surface area contributed by atoms with Crippen LogP contribution in [0, 0.1) is 5.82 Å². The number of nitrogens with one attached hydrogen (secondary N) is 2. The summed E-state index contributed by atoms with van der Waals surface area (Å²) in [4.78, 5) is 19.5. The highest BCUT2D eigenvalue weighted by Crippen LogP contribution is 2.33. The van der Waals surface area contributed by atoms with Gasteiger partial charge in [-0.15, -0.1) is 0 Å². The van der Waals surface area contributed by atoms with Crippen LogP contribution in [0.15, 0.2) is 23.1 Å². The van der Waals surface area contributed by atoms with Gasteiger partial charge in [0.15, 0.2) is 5.65 Å². The quantitative estimate of drug-likeness (QED) is 0.638. The van der Waals surface area contributed by atoms with E-state index < -0.39 is 11.9 Å². The van der Waals surface area contributed by atoms with Crippen molar-refractivity contribution in [3.63, 3.8) is 0 Å². The van der Waals surface area contributed by atoms with Gasteiger partial charge in [-0.2, -0.15) is 10.1 Å². The summed E-state index contributed by atoms with van der Waals surface area (Å²) in [7, 11) is 0. The van der Waals surface area contributed by atoms with E-state index in [-0.39, 0.29) is 22.1 Å². The lowest BCUT2D eigenvalue weighted by molar-refractivity contribution is 0.366. The third-order valence-corrected chi connectivity index (χ3v) is 4.65. The second kappa shape index (κ2) is 6.55. The van der Waals surface area contributed by atoms with Gasteiger partial charge >= 0.3 is 0 Å². The van der Waals surface area contributed by atoms with Gasteiger partial charge in [-0.1, -0.05) is 23.2 Å². The first-order chi connectivity index (χ1) is 12.1. The second-order valence-electron chi connectivity index (χ2n) is 7.00. The van der Waals surface area contributed by atoms with E-state index in [0.717, 1.165) is 0 Å². The molecule has 138 valence electrons. The van der Waals surface area contributed by atoms with Crippen LogP contribution in [0.5, 0.6) is 0 Å². The topological polar surface area (TPSA) is 75.6 Å². The zero-order valence-electron chi connectivity index (χ0n) is 14.7. The van der Waals surface area contributed by atoms with E-state index in [0.29, 0.717) is 21.6 Å². The number of aromatic amines is 1. The van der Waals surface area contributed by atoms with Gasteiger partial charge in [-0.3, -0.25) is 9.78 Å². The molecule has 0 fully saturated rings. The SMILES string of the molecule is CC(Nc1nc2c(cnn2C(C)(C)C)c(=O)[nH]1)c1c(Cl)ccc(F)c1Cl. The van der Waals surface area contributed by atoms with E-state index in [2.05, 4.69) is 20.4 Å². The molecule has 26 heavy (non-hydrogen) atoms. The number of nitrogens with zero attached hydrogens (tertiary/aromatic N) is 3. The zero-order valence-corrected chi connectivity index (χ0v) is 16.2. The number of aromatic nitrogens is 4. The molecule has 1 atom stereocenters. The predicted octanol–water partition coefficient (Wildman–Crippen LogP) is 4.49. The maximum Gasteiger partial charge on any atom is 0.263 e. The summed E-state index contributed by atoms with van der Waals surface area (Å²) in [5.41, 5.74) is 0.171. The third kappa shape index (κ3) is 3.29. The summed E-state index contributed by atoms with van der Waals surface area (Å²) in [5.74, 6) is -0.347. The fraction of sp³-hybridized carbons (Fsp3) is 0.353. The summed E-state index contributed by atoms with van der Waals surface area (Å²) in [6.45, 7) is 7.64. The monoisotopic (exact) mass is 397 g/mol. The Morgan fingerprint density at radius 2 is 2.00 bits per heavy atom. The summed E-state index contributed by atoms with van der Waals surface area (Å²) in [6, 6.07) is 2.15. The molecule has 0 spiro atoms. The van der Waals surface area contributed by atoms with Crippen molar-refractivity contribution in [2.24, 2.45) is 0 Å². The number of benzene rings is 1. The van der Waals surface area contributed by atoms with Crippen LogP contribution in [0.4, 0.5) is 10.3 Å². The van der Waals surface area contributed by atoms with Crippen LogP contribution >= 0.6 is 23.2 Å². The first-order valence-electron chi connectivity index (χ1n) is 7.98. The van der Waals surface area contributed by atoms with Crippen molar-refractivity contribution in [3.8, 4) is 0 Å². The van der Waals surface area contributed by atoms with E-state index in [4.69, 9.17) is 23.2 Å². The second-order valence-corrected chi connectivity index (χ2v) is 7.79. The van der Waals surface area contributed by atoms with Crippen molar-refractivity contribution < 1.29 is 4.39 Å². The molecule has 2 aromatic heterocycles. The zero-order chi connectivity index (χ0) is 19.2. The molecule has 1 aromatic carbocycles. The Bertz CT molecular complexity index is 1040. The predicted molar refractivity (Wildman–Crippen MR) is 102 cm³/mol. The molecule has 3 rings (SSSR count). The number of H-pyrrole nitrogens is 1. The van der Waals surface area contributed by atoms with Gasteiger partial charge in [0.25, 0.3) is 5.56 Å². The van der Waals surface area contributed by atoms with Crippen molar-refractivity contribution in [3.05, 3.63) is 50.1 Å². The van der Waals surface area contributed by atoms with Gasteiger partial charge in [0.05, 0.1) is 22.8 Å². The molecule has 0 saturated heterocycles. The van der Waals surface area contributed by atoms with Gasteiger partial charge in [0, 0.05) is 10.6 Å². The molecule has 0 aliphatic rings. The highest BCUT2D eigenvalue weighted by atomic mass is 35.5. The molecule has 2 heterocycles. The van der Waals surface area contributed by atoms with Gasteiger partial charge in [0.2, 0.25) is 5.95 Å². The van der Waals surface area contributed by atoms with Crippen LogP contribution in [-0.2, 0) is 5.54 Å². The normalized spacial score (nSPS) is 13.2. The Morgan fingerprint density at radius 3 is 2.65 bits per heavy atom. The molecule has 0 saturated carbocycles. The van der Waals surface area contributed by atoms with E-state index >= 15 is 0 Å². The average molecular weight is 398 g/mol. The average Bonchev–Trinajstić information content (AvgIpc) is 2.96. The molecule has 2 N–H and O–H groups in total. The molecule has 1 unspecified atom stereocenters. The Labute approximate surface area is 159 Å². The lowest BCUT2D eigenvalue weighted by Crippen LogP contribution is -2.24. The minimum Gasteiger partial charge on any atom is -0.349 e. The third-order valence-electron chi connectivity index (χ3n) is 3.94. The molecule has 3 aromatic rings. The standard InChI is InChI=1S/C17H18Cl2FN5O/c1-8(12-10(18)5-6-11(20)13(12)19)22-16-23-14-9(15(26)24-16)7-21-25(14)17(2,3)4/h5-8H,1-4H3,(H2,22,23,24,26). The number of anilines is 1. The maximum absolute atomic E-state index is 13.8. The van der Waals surface area contributed by atoms with Crippen molar-refractivity contribution in [1.29, 1.82) is 0 Å². The smallest absolute Gasteiger partial charge is 0.263 e.